The number of nitrogens with zero attached hydrogens (tertiary/aromatic N) is 1. The van der Waals surface area contributed by atoms with E-state index in [1.807, 2.05) is 12.1 Å². The zero-order chi connectivity index (χ0) is 13.2. The van der Waals surface area contributed by atoms with Crippen molar-refractivity contribution in [2.75, 3.05) is 12.3 Å². The summed E-state index contributed by atoms with van der Waals surface area (Å²) in [5, 5.41) is 0. The number of aromatic nitrogens is 1. The van der Waals surface area contributed by atoms with E-state index in [0.29, 0.717) is 17.5 Å². The van der Waals surface area contributed by atoms with Gasteiger partial charge in [0.1, 0.15) is 11.5 Å². The minimum atomic E-state index is 0.526. The van der Waals surface area contributed by atoms with Crippen LogP contribution in [0, 0.1) is 0 Å². The van der Waals surface area contributed by atoms with E-state index < -0.39 is 0 Å². The number of ether oxygens (including phenoxy) is 2. The molecule has 1 atom stereocenters. The molecular formula is C15H16N2O2. The molecule has 0 fully saturated rings. The van der Waals surface area contributed by atoms with Crippen molar-refractivity contribution in [2.24, 2.45) is 0 Å². The van der Waals surface area contributed by atoms with Gasteiger partial charge in [0, 0.05) is 12.1 Å². The van der Waals surface area contributed by atoms with E-state index in [9.17, 15) is 0 Å². The quantitative estimate of drug-likeness (QED) is 0.895. The number of hydrogen-bond acceptors (Lipinski definition) is 4. The van der Waals surface area contributed by atoms with Gasteiger partial charge < -0.3 is 15.2 Å². The van der Waals surface area contributed by atoms with Gasteiger partial charge in [0.15, 0.2) is 0 Å². The normalized spacial score (nSPS) is 17.4. The minimum Gasteiger partial charge on any atom is -0.493 e. The predicted molar refractivity (Wildman–Crippen MR) is 73.7 cm³/mol. The highest BCUT2D eigenvalue weighted by atomic mass is 16.5. The van der Waals surface area contributed by atoms with Gasteiger partial charge in [-0.15, -0.1) is 0 Å². The monoisotopic (exact) mass is 256 g/mol. The highest BCUT2D eigenvalue weighted by Gasteiger charge is 2.18. The summed E-state index contributed by atoms with van der Waals surface area (Å²) in [5.74, 6) is 2.70. The smallest absolute Gasteiger partial charge is 0.219 e. The van der Waals surface area contributed by atoms with E-state index in [1.54, 1.807) is 18.3 Å². The van der Waals surface area contributed by atoms with E-state index in [2.05, 4.69) is 18.0 Å². The first-order chi connectivity index (χ1) is 9.22. The predicted octanol–water partition coefficient (Wildman–Crippen LogP) is 3.34. The molecule has 2 aromatic rings. The minimum absolute atomic E-state index is 0.526. The van der Waals surface area contributed by atoms with E-state index in [-0.39, 0.29) is 0 Å². The molecule has 0 radical (unpaired) electrons. The van der Waals surface area contributed by atoms with E-state index in [0.717, 1.165) is 24.5 Å². The number of nitrogen functional groups attached to an aromatic ring is 1. The maximum absolute atomic E-state index is 5.69. The molecule has 3 rings (SSSR count). The number of hydrogen-bond donors (Lipinski definition) is 1. The third kappa shape index (κ3) is 2.47. The van der Waals surface area contributed by atoms with Crippen LogP contribution in [0.5, 0.6) is 17.4 Å². The number of anilines is 1. The van der Waals surface area contributed by atoms with Crippen molar-refractivity contribution in [3.05, 3.63) is 42.1 Å². The second kappa shape index (κ2) is 4.80. The van der Waals surface area contributed by atoms with Crippen LogP contribution in [0.1, 0.15) is 24.8 Å². The Labute approximate surface area is 112 Å². The summed E-state index contributed by atoms with van der Waals surface area (Å²) in [6.07, 6.45) is 2.64. The standard InChI is InChI=1S/C15H16N2O2/c1-10-6-7-18-14-8-12(3-4-13(10)14)19-15-5-2-11(16)9-17-15/h2-5,8-10H,6-7,16H2,1H3. The Kier molecular flexibility index (Phi) is 2.99. The Morgan fingerprint density at radius 3 is 3.00 bits per heavy atom. The van der Waals surface area contributed by atoms with Crippen LogP contribution in [0.15, 0.2) is 36.5 Å². The zero-order valence-corrected chi connectivity index (χ0v) is 10.8. The number of nitrogens with two attached hydrogens (primary N) is 1. The van der Waals surface area contributed by atoms with Crippen LogP contribution in [-0.4, -0.2) is 11.6 Å². The lowest BCUT2D eigenvalue weighted by Crippen LogP contribution is -2.11. The van der Waals surface area contributed by atoms with Gasteiger partial charge in [-0.1, -0.05) is 13.0 Å². The summed E-state index contributed by atoms with van der Waals surface area (Å²) in [7, 11) is 0. The molecule has 1 aromatic carbocycles. The molecule has 2 N–H and O–H groups in total. The van der Waals surface area contributed by atoms with Crippen LogP contribution in [-0.2, 0) is 0 Å². The lowest BCUT2D eigenvalue weighted by Gasteiger charge is -2.23. The van der Waals surface area contributed by atoms with Crippen molar-refractivity contribution in [2.45, 2.75) is 19.3 Å². The van der Waals surface area contributed by atoms with Gasteiger partial charge in [0.25, 0.3) is 0 Å². The van der Waals surface area contributed by atoms with Gasteiger partial charge in [0.05, 0.1) is 18.5 Å². The number of pyridine rings is 1. The van der Waals surface area contributed by atoms with Crippen molar-refractivity contribution in [3.8, 4) is 17.4 Å². The van der Waals surface area contributed by atoms with Gasteiger partial charge in [-0.2, -0.15) is 0 Å². The topological polar surface area (TPSA) is 57.4 Å². The Morgan fingerprint density at radius 1 is 1.32 bits per heavy atom. The molecule has 4 heteroatoms. The molecule has 0 aliphatic carbocycles. The number of benzene rings is 1. The summed E-state index contributed by atoms with van der Waals surface area (Å²) in [6.45, 7) is 2.97. The van der Waals surface area contributed by atoms with Crippen LogP contribution in [0.2, 0.25) is 0 Å². The van der Waals surface area contributed by atoms with Crippen molar-refractivity contribution >= 4 is 5.69 Å². The molecule has 98 valence electrons. The lowest BCUT2D eigenvalue weighted by molar-refractivity contribution is 0.271. The maximum Gasteiger partial charge on any atom is 0.219 e. The molecular weight excluding hydrogens is 240 g/mol. The summed E-state index contributed by atoms with van der Waals surface area (Å²) < 4.78 is 11.4. The molecule has 0 amide bonds. The Bertz CT molecular complexity index is 581. The van der Waals surface area contributed by atoms with Crippen LogP contribution in [0.25, 0.3) is 0 Å². The molecule has 4 nitrogen and oxygen atoms in total. The first kappa shape index (κ1) is 11.8. The van der Waals surface area contributed by atoms with E-state index in [4.69, 9.17) is 15.2 Å². The Balaban J connectivity index is 1.84. The molecule has 0 saturated heterocycles. The number of rotatable bonds is 2. The van der Waals surface area contributed by atoms with Gasteiger partial charge in [0.2, 0.25) is 5.88 Å². The third-order valence-electron chi connectivity index (χ3n) is 3.31. The van der Waals surface area contributed by atoms with Gasteiger partial charge in [-0.3, -0.25) is 0 Å². The van der Waals surface area contributed by atoms with Crippen molar-refractivity contribution < 1.29 is 9.47 Å². The summed E-state index contributed by atoms with van der Waals surface area (Å²) in [6, 6.07) is 9.44. The largest absolute Gasteiger partial charge is 0.493 e. The fourth-order valence-corrected chi connectivity index (χ4v) is 2.18. The van der Waals surface area contributed by atoms with Crippen LogP contribution < -0.4 is 15.2 Å². The second-order valence-corrected chi connectivity index (χ2v) is 4.77. The molecule has 19 heavy (non-hydrogen) atoms. The Hall–Kier alpha value is -2.23. The van der Waals surface area contributed by atoms with E-state index in [1.165, 1.54) is 5.56 Å². The van der Waals surface area contributed by atoms with Crippen LogP contribution >= 0.6 is 0 Å². The highest BCUT2D eigenvalue weighted by molar-refractivity contribution is 5.45. The van der Waals surface area contributed by atoms with Crippen molar-refractivity contribution in [3.63, 3.8) is 0 Å². The fraction of sp³-hybridized carbons (Fsp3) is 0.267. The first-order valence-electron chi connectivity index (χ1n) is 6.38. The second-order valence-electron chi connectivity index (χ2n) is 4.77. The molecule has 0 saturated carbocycles. The molecule has 1 aliphatic rings. The molecule has 0 bridgehead atoms. The summed E-state index contributed by atoms with van der Waals surface area (Å²) in [4.78, 5) is 4.11. The zero-order valence-electron chi connectivity index (χ0n) is 10.8. The lowest BCUT2D eigenvalue weighted by atomic mass is 9.95. The first-order valence-corrected chi connectivity index (χ1v) is 6.38. The summed E-state index contributed by atoms with van der Waals surface area (Å²) >= 11 is 0. The number of fused-ring (bicyclic) bond motifs is 1. The molecule has 0 spiro atoms. The average molecular weight is 256 g/mol. The van der Waals surface area contributed by atoms with Crippen LogP contribution in [0.4, 0.5) is 5.69 Å². The van der Waals surface area contributed by atoms with Gasteiger partial charge in [-0.25, -0.2) is 4.98 Å². The highest BCUT2D eigenvalue weighted by Crippen LogP contribution is 2.36. The molecule has 1 unspecified atom stereocenters. The van der Waals surface area contributed by atoms with Crippen LogP contribution in [0.3, 0.4) is 0 Å². The van der Waals surface area contributed by atoms with Gasteiger partial charge in [-0.05, 0) is 30.0 Å². The van der Waals surface area contributed by atoms with Gasteiger partial charge >= 0.3 is 0 Å². The molecule has 1 aromatic heterocycles. The average Bonchev–Trinajstić information content (AvgIpc) is 2.42. The maximum atomic E-state index is 5.69. The van der Waals surface area contributed by atoms with E-state index >= 15 is 0 Å². The summed E-state index contributed by atoms with van der Waals surface area (Å²) in [5.41, 5.74) is 7.45. The van der Waals surface area contributed by atoms with Crippen molar-refractivity contribution in [1.82, 2.24) is 4.98 Å². The third-order valence-corrected chi connectivity index (χ3v) is 3.31. The molecule has 2 heterocycles. The molecule has 1 aliphatic heterocycles. The Morgan fingerprint density at radius 2 is 2.21 bits per heavy atom. The SMILES string of the molecule is CC1CCOc2cc(Oc3ccc(N)cn3)ccc21. The van der Waals surface area contributed by atoms with Crippen molar-refractivity contribution in [1.29, 1.82) is 0 Å². The fourth-order valence-electron chi connectivity index (χ4n) is 2.18.